The van der Waals surface area contributed by atoms with Gasteiger partial charge in [0.1, 0.15) is 5.75 Å². The molecule has 0 atom stereocenters. The predicted molar refractivity (Wildman–Crippen MR) is 69.5 cm³/mol. The Morgan fingerprint density at radius 1 is 1.16 bits per heavy atom. The number of nitrogens with two attached hydrogens (primary N) is 1. The minimum absolute atomic E-state index is 0.185. The van der Waals surface area contributed by atoms with Gasteiger partial charge in [-0.15, -0.1) is 0 Å². The van der Waals surface area contributed by atoms with Crippen molar-refractivity contribution in [1.29, 1.82) is 0 Å². The van der Waals surface area contributed by atoms with E-state index in [4.69, 9.17) is 10.5 Å². The minimum atomic E-state index is -3.20. The molecular weight excluding hydrogens is 266 g/mol. The van der Waals surface area contributed by atoms with Crippen LogP contribution in [0.1, 0.15) is 5.56 Å². The van der Waals surface area contributed by atoms with Gasteiger partial charge in [0, 0.05) is 30.8 Å². The van der Waals surface area contributed by atoms with Crippen molar-refractivity contribution in [1.82, 2.24) is 9.97 Å². The monoisotopic (exact) mass is 279 g/mol. The fourth-order valence-electron chi connectivity index (χ4n) is 1.36. The maximum Gasteiger partial charge on any atom is 0.321 e. The van der Waals surface area contributed by atoms with Crippen molar-refractivity contribution in [2.24, 2.45) is 5.73 Å². The van der Waals surface area contributed by atoms with Crippen LogP contribution in [0.2, 0.25) is 0 Å². The molecule has 6 nitrogen and oxygen atoms in total. The normalized spacial score (nSPS) is 11.3. The van der Waals surface area contributed by atoms with Gasteiger partial charge in [0.15, 0.2) is 9.84 Å². The third kappa shape index (κ3) is 3.49. The van der Waals surface area contributed by atoms with E-state index in [1.54, 1.807) is 24.5 Å². The van der Waals surface area contributed by atoms with Crippen molar-refractivity contribution >= 4 is 9.84 Å². The van der Waals surface area contributed by atoms with Gasteiger partial charge >= 0.3 is 6.01 Å². The number of hydrogen-bond acceptors (Lipinski definition) is 6. The number of nitrogens with zero attached hydrogens (tertiary/aromatic N) is 2. The summed E-state index contributed by atoms with van der Waals surface area (Å²) in [6.45, 7) is 0.364. The Morgan fingerprint density at radius 3 is 2.21 bits per heavy atom. The van der Waals surface area contributed by atoms with E-state index in [1.807, 2.05) is 0 Å². The number of hydrogen-bond donors (Lipinski definition) is 1. The van der Waals surface area contributed by atoms with Gasteiger partial charge in [-0.3, -0.25) is 0 Å². The highest BCUT2D eigenvalue weighted by atomic mass is 32.2. The van der Waals surface area contributed by atoms with E-state index in [-0.39, 0.29) is 10.9 Å². The van der Waals surface area contributed by atoms with Crippen LogP contribution in [-0.2, 0) is 16.4 Å². The second-order valence-electron chi connectivity index (χ2n) is 3.92. The highest BCUT2D eigenvalue weighted by Gasteiger charge is 2.07. The molecule has 0 aliphatic rings. The van der Waals surface area contributed by atoms with E-state index >= 15 is 0 Å². The molecule has 1 heterocycles. The van der Waals surface area contributed by atoms with Crippen LogP contribution >= 0.6 is 0 Å². The van der Waals surface area contributed by atoms with Gasteiger partial charge in [-0.1, -0.05) is 0 Å². The number of rotatable bonds is 4. The molecule has 1 aromatic carbocycles. The molecule has 0 radical (unpaired) electrons. The van der Waals surface area contributed by atoms with Crippen LogP contribution in [0.25, 0.3) is 0 Å². The lowest BCUT2D eigenvalue weighted by Gasteiger charge is -2.04. The number of ether oxygens (including phenoxy) is 1. The van der Waals surface area contributed by atoms with Crippen molar-refractivity contribution in [3.8, 4) is 11.8 Å². The Labute approximate surface area is 111 Å². The summed E-state index contributed by atoms with van der Waals surface area (Å²) in [5, 5.41) is 0. The first-order valence-electron chi connectivity index (χ1n) is 5.48. The van der Waals surface area contributed by atoms with Crippen molar-refractivity contribution in [2.75, 3.05) is 6.26 Å². The summed E-state index contributed by atoms with van der Waals surface area (Å²) >= 11 is 0. The fourth-order valence-corrected chi connectivity index (χ4v) is 1.99. The molecule has 0 aliphatic carbocycles. The topological polar surface area (TPSA) is 95.2 Å². The maximum absolute atomic E-state index is 11.3. The zero-order valence-corrected chi connectivity index (χ0v) is 11.1. The van der Waals surface area contributed by atoms with E-state index in [9.17, 15) is 8.42 Å². The van der Waals surface area contributed by atoms with Crippen molar-refractivity contribution in [3.63, 3.8) is 0 Å². The third-order valence-electron chi connectivity index (χ3n) is 2.38. The summed E-state index contributed by atoms with van der Waals surface area (Å²) < 4.78 is 28.0. The van der Waals surface area contributed by atoms with Gasteiger partial charge in [-0.2, -0.15) is 0 Å². The number of benzene rings is 1. The Morgan fingerprint density at radius 2 is 1.74 bits per heavy atom. The summed E-state index contributed by atoms with van der Waals surface area (Å²) in [5.41, 5.74) is 6.24. The number of sulfone groups is 1. The predicted octanol–water partition coefficient (Wildman–Crippen LogP) is 1.13. The second kappa shape index (κ2) is 5.33. The summed E-state index contributed by atoms with van der Waals surface area (Å²) in [7, 11) is -3.20. The largest absolute Gasteiger partial charge is 0.424 e. The van der Waals surface area contributed by atoms with Crippen LogP contribution in [0, 0.1) is 0 Å². The van der Waals surface area contributed by atoms with E-state index in [0.29, 0.717) is 12.3 Å². The first kappa shape index (κ1) is 13.4. The lowest BCUT2D eigenvalue weighted by atomic mass is 10.3. The van der Waals surface area contributed by atoms with Crippen LogP contribution in [0.4, 0.5) is 0 Å². The number of aromatic nitrogens is 2. The quantitative estimate of drug-likeness (QED) is 0.901. The van der Waals surface area contributed by atoms with Gasteiger partial charge in [-0.05, 0) is 24.3 Å². The van der Waals surface area contributed by atoms with E-state index < -0.39 is 9.84 Å². The van der Waals surface area contributed by atoms with Gasteiger partial charge in [0.25, 0.3) is 0 Å². The fraction of sp³-hybridized carbons (Fsp3) is 0.167. The van der Waals surface area contributed by atoms with Crippen molar-refractivity contribution in [3.05, 3.63) is 42.2 Å². The molecule has 2 aromatic rings. The van der Waals surface area contributed by atoms with Crippen molar-refractivity contribution < 1.29 is 13.2 Å². The van der Waals surface area contributed by atoms with E-state index in [1.165, 1.54) is 12.1 Å². The average molecular weight is 279 g/mol. The molecule has 7 heteroatoms. The molecule has 2 rings (SSSR count). The van der Waals surface area contributed by atoms with Crippen LogP contribution in [0.3, 0.4) is 0 Å². The van der Waals surface area contributed by atoms with E-state index in [0.717, 1.165) is 11.8 Å². The molecule has 0 saturated carbocycles. The average Bonchev–Trinajstić information content (AvgIpc) is 2.39. The van der Waals surface area contributed by atoms with Gasteiger partial charge in [0.05, 0.1) is 4.90 Å². The molecule has 2 N–H and O–H groups in total. The molecule has 0 aliphatic heterocycles. The highest BCUT2D eigenvalue weighted by molar-refractivity contribution is 7.90. The molecule has 0 bridgehead atoms. The first-order chi connectivity index (χ1) is 8.99. The first-order valence-corrected chi connectivity index (χ1v) is 7.37. The Bertz CT molecular complexity index is 652. The van der Waals surface area contributed by atoms with Gasteiger partial charge < -0.3 is 10.5 Å². The van der Waals surface area contributed by atoms with Crippen LogP contribution in [0.15, 0.2) is 41.6 Å². The van der Waals surface area contributed by atoms with Crippen LogP contribution in [-0.4, -0.2) is 24.6 Å². The lowest BCUT2D eigenvalue weighted by Crippen LogP contribution is -1.99. The highest BCUT2D eigenvalue weighted by Crippen LogP contribution is 2.19. The van der Waals surface area contributed by atoms with Crippen LogP contribution < -0.4 is 10.5 Å². The molecule has 0 spiro atoms. The zero-order valence-electron chi connectivity index (χ0n) is 10.3. The third-order valence-corrected chi connectivity index (χ3v) is 3.51. The van der Waals surface area contributed by atoms with E-state index in [2.05, 4.69) is 9.97 Å². The van der Waals surface area contributed by atoms with Gasteiger partial charge in [-0.25, -0.2) is 18.4 Å². The molecular formula is C12H13N3O3S. The molecule has 0 saturated heterocycles. The lowest BCUT2D eigenvalue weighted by molar-refractivity contribution is 0.440. The summed E-state index contributed by atoms with van der Waals surface area (Å²) in [6, 6.07) is 6.23. The molecule has 0 unspecified atom stereocenters. The standard InChI is InChI=1S/C12H13N3O3S/c1-19(16,17)11-4-2-10(3-5-11)18-12-14-7-9(6-13)8-15-12/h2-5,7-8H,6,13H2,1H3. The minimum Gasteiger partial charge on any atom is -0.424 e. The van der Waals surface area contributed by atoms with Gasteiger partial charge in [0.2, 0.25) is 0 Å². The molecule has 0 fully saturated rings. The Hall–Kier alpha value is -1.99. The van der Waals surface area contributed by atoms with Crippen molar-refractivity contribution in [2.45, 2.75) is 11.4 Å². The Balaban J connectivity index is 2.15. The SMILES string of the molecule is CS(=O)(=O)c1ccc(Oc2ncc(CN)cn2)cc1. The maximum atomic E-state index is 11.3. The molecule has 100 valence electrons. The summed E-state index contributed by atoms with van der Waals surface area (Å²) in [5.74, 6) is 0.466. The molecule has 19 heavy (non-hydrogen) atoms. The van der Waals surface area contributed by atoms with Crippen LogP contribution in [0.5, 0.6) is 11.8 Å². The molecule has 0 amide bonds. The summed E-state index contributed by atoms with van der Waals surface area (Å²) in [4.78, 5) is 8.20. The molecule has 1 aromatic heterocycles. The smallest absolute Gasteiger partial charge is 0.321 e. The second-order valence-corrected chi connectivity index (χ2v) is 5.94. The Kier molecular flexibility index (Phi) is 3.77. The summed E-state index contributed by atoms with van der Waals surface area (Å²) in [6.07, 6.45) is 4.30. The zero-order chi connectivity index (χ0) is 13.9.